The third kappa shape index (κ3) is 2.99. The summed E-state index contributed by atoms with van der Waals surface area (Å²) in [6.45, 7) is 3.10. The van der Waals surface area contributed by atoms with Gasteiger partial charge in [0.25, 0.3) is 0 Å². The van der Waals surface area contributed by atoms with Crippen LogP contribution in [-0.4, -0.2) is 17.6 Å². The van der Waals surface area contributed by atoms with E-state index < -0.39 is 0 Å². The highest BCUT2D eigenvalue weighted by molar-refractivity contribution is 5.11. The van der Waals surface area contributed by atoms with Gasteiger partial charge in [-0.1, -0.05) is 6.92 Å². The van der Waals surface area contributed by atoms with Gasteiger partial charge in [-0.2, -0.15) is 0 Å². The van der Waals surface area contributed by atoms with Crippen LogP contribution in [0.15, 0.2) is 18.3 Å². The first kappa shape index (κ1) is 10.6. The molecule has 1 N–H and O–H groups in total. The number of hydrogen-bond donors (Lipinski definition) is 1. The van der Waals surface area contributed by atoms with Crippen LogP contribution in [0.25, 0.3) is 0 Å². The van der Waals surface area contributed by atoms with Crippen LogP contribution in [0.1, 0.15) is 37.8 Å². The van der Waals surface area contributed by atoms with E-state index in [0.29, 0.717) is 5.92 Å². The Hall–Kier alpha value is -0.960. The predicted octanol–water partition coefficient (Wildman–Crippen LogP) is 2.47. The van der Waals surface area contributed by atoms with Crippen LogP contribution in [-0.2, 0) is 0 Å². The molecule has 0 aromatic carbocycles. The second-order valence-electron chi connectivity index (χ2n) is 4.19. The lowest BCUT2D eigenvalue weighted by atomic mass is 10.0. The largest absolute Gasteiger partial charge is 0.313 e. The molecule has 0 saturated heterocycles. The van der Waals surface area contributed by atoms with Crippen molar-refractivity contribution in [2.24, 2.45) is 0 Å². The zero-order valence-corrected chi connectivity index (χ0v) is 9.04. The van der Waals surface area contributed by atoms with Crippen LogP contribution in [0.3, 0.4) is 0 Å². The molecule has 0 amide bonds. The molecule has 3 heteroatoms. The Labute approximate surface area is 89.9 Å². The summed E-state index contributed by atoms with van der Waals surface area (Å²) in [5, 5.41) is 3.49. The third-order valence-electron chi connectivity index (χ3n) is 2.89. The van der Waals surface area contributed by atoms with Crippen LogP contribution in [0.2, 0.25) is 0 Å². The molecule has 2 rings (SSSR count). The van der Waals surface area contributed by atoms with Gasteiger partial charge in [-0.25, -0.2) is 4.39 Å². The highest BCUT2D eigenvalue weighted by Gasteiger charge is 2.22. The highest BCUT2D eigenvalue weighted by Crippen LogP contribution is 2.22. The molecule has 1 fully saturated rings. The van der Waals surface area contributed by atoms with E-state index in [2.05, 4.69) is 17.2 Å². The maximum atomic E-state index is 12.7. The lowest BCUT2D eigenvalue weighted by Crippen LogP contribution is -2.23. The van der Waals surface area contributed by atoms with Crippen molar-refractivity contribution in [1.29, 1.82) is 0 Å². The number of aromatic nitrogens is 1. The van der Waals surface area contributed by atoms with E-state index in [4.69, 9.17) is 0 Å². The molecule has 1 atom stereocenters. The molecule has 1 aromatic heterocycles. The molecule has 1 aliphatic carbocycles. The van der Waals surface area contributed by atoms with Gasteiger partial charge in [-0.05, 0) is 31.4 Å². The Balaban J connectivity index is 1.94. The molecular weight excluding hydrogens is 191 g/mol. The Bertz CT molecular complexity index is 306. The fraction of sp³-hybridized carbons (Fsp3) is 0.583. The molecule has 2 nitrogen and oxygen atoms in total. The molecule has 0 bridgehead atoms. The van der Waals surface area contributed by atoms with Crippen LogP contribution < -0.4 is 5.32 Å². The van der Waals surface area contributed by atoms with Gasteiger partial charge < -0.3 is 5.32 Å². The second-order valence-corrected chi connectivity index (χ2v) is 4.19. The standard InChI is InChI=1S/C12H17FN2/c1-2-9(7-14-11-4-5-11)12-6-3-10(13)8-15-12/h3,6,8-9,11,14H,2,4-5,7H2,1H3. The monoisotopic (exact) mass is 208 g/mol. The van der Waals surface area contributed by atoms with Crippen molar-refractivity contribution >= 4 is 0 Å². The number of pyridine rings is 1. The average molecular weight is 208 g/mol. The lowest BCUT2D eigenvalue weighted by Gasteiger charge is -2.14. The molecule has 0 radical (unpaired) electrons. The van der Waals surface area contributed by atoms with Crippen LogP contribution in [0.4, 0.5) is 4.39 Å². The molecule has 1 heterocycles. The molecule has 1 aliphatic rings. The molecular formula is C12H17FN2. The summed E-state index contributed by atoms with van der Waals surface area (Å²) in [7, 11) is 0. The van der Waals surface area contributed by atoms with E-state index in [-0.39, 0.29) is 5.82 Å². The normalized spacial score (nSPS) is 17.7. The average Bonchev–Trinajstić information content (AvgIpc) is 3.05. The molecule has 1 unspecified atom stereocenters. The first-order chi connectivity index (χ1) is 7.29. The summed E-state index contributed by atoms with van der Waals surface area (Å²) in [4.78, 5) is 4.13. The van der Waals surface area contributed by atoms with E-state index in [1.165, 1.54) is 25.1 Å². The van der Waals surface area contributed by atoms with Crippen molar-refractivity contribution in [2.45, 2.75) is 38.1 Å². The molecule has 15 heavy (non-hydrogen) atoms. The van der Waals surface area contributed by atoms with Gasteiger partial charge in [0.05, 0.1) is 6.20 Å². The van der Waals surface area contributed by atoms with Crippen molar-refractivity contribution in [1.82, 2.24) is 10.3 Å². The molecule has 1 aromatic rings. The van der Waals surface area contributed by atoms with Crippen molar-refractivity contribution in [3.05, 3.63) is 29.8 Å². The van der Waals surface area contributed by atoms with Crippen molar-refractivity contribution in [3.8, 4) is 0 Å². The summed E-state index contributed by atoms with van der Waals surface area (Å²) in [5.41, 5.74) is 0.993. The molecule has 1 saturated carbocycles. The Kier molecular flexibility index (Phi) is 3.31. The van der Waals surface area contributed by atoms with Gasteiger partial charge in [0.2, 0.25) is 0 Å². The summed E-state index contributed by atoms with van der Waals surface area (Å²) in [6, 6.07) is 4.00. The Morgan fingerprint density at radius 2 is 2.33 bits per heavy atom. The zero-order chi connectivity index (χ0) is 10.7. The number of nitrogens with one attached hydrogen (secondary N) is 1. The molecule has 82 valence electrons. The van der Waals surface area contributed by atoms with Gasteiger partial charge in [0.15, 0.2) is 0 Å². The number of hydrogen-bond acceptors (Lipinski definition) is 2. The minimum Gasteiger partial charge on any atom is -0.313 e. The summed E-state index contributed by atoms with van der Waals surface area (Å²) >= 11 is 0. The quantitative estimate of drug-likeness (QED) is 0.804. The van der Waals surface area contributed by atoms with E-state index in [0.717, 1.165) is 24.7 Å². The van der Waals surface area contributed by atoms with Crippen molar-refractivity contribution in [2.75, 3.05) is 6.54 Å². The zero-order valence-electron chi connectivity index (χ0n) is 9.04. The second kappa shape index (κ2) is 4.71. The number of nitrogens with zero attached hydrogens (tertiary/aromatic N) is 1. The first-order valence-electron chi connectivity index (χ1n) is 5.64. The fourth-order valence-electron chi connectivity index (χ4n) is 1.68. The Morgan fingerprint density at radius 1 is 1.53 bits per heavy atom. The highest BCUT2D eigenvalue weighted by atomic mass is 19.1. The Morgan fingerprint density at radius 3 is 2.87 bits per heavy atom. The van der Waals surface area contributed by atoms with E-state index >= 15 is 0 Å². The van der Waals surface area contributed by atoms with Crippen molar-refractivity contribution < 1.29 is 4.39 Å². The minimum atomic E-state index is -0.260. The lowest BCUT2D eigenvalue weighted by molar-refractivity contribution is 0.551. The summed E-state index contributed by atoms with van der Waals surface area (Å²) in [5.74, 6) is 0.148. The van der Waals surface area contributed by atoms with Crippen LogP contribution in [0, 0.1) is 5.82 Å². The van der Waals surface area contributed by atoms with Gasteiger partial charge in [-0.3, -0.25) is 4.98 Å². The maximum absolute atomic E-state index is 12.7. The van der Waals surface area contributed by atoms with Crippen molar-refractivity contribution in [3.63, 3.8) is 0 Å². The fourth-order valence-corrected chi connectivity index (χ4v) is 1.68. The van der Waals surface area contributed by atoms with Crippen LogP contribution in [0.5, 0.6) is 0 Å². The summed E-state index contributed by atoms with van der Waals surface area (Å²) < 4.78 is 12.7. The SMILES string of the molecule is CCC(CNC1CC1)c1ccc(F)cn1. The smallest absolute Gasteiger partial charge is 0.141 e. The number of rotatable bonds is 5. The summed E-state index contributed by atoms with van der Waals surface area (Å²) in [6.07, 6.45) is 4.94. The maximum Gasteiger partial charge on any atom is 0.141 e. The van der Waals surface area contributed by atoms with E-state index in [1.807, 2.05) is 0 Å². The number of halogens is 1. The third-order valence-corrected chi connectivity index (χ3v) is 2.89. The molecule has 0 spiro atoms. The van der Waals surface area contributed by atoms with Gasteiger partial charge in [-0.15, -0.1) is 0 Å². The van der Waals surface area contributed by atoms with E-state index in [9.17, 15) is 4.39 Å². The van der Waals surface area contributed by atoms with Gasteiger partial charge >= 0.3 is 0 Å². The van der Waals surface area contributed by atoms with Crippen LogP contribution >= 0.6 is 0 Å². The van der Waals surface area contributed by atoms with Gasteiger partial charge in [0, 0.05) is 24.2 Å². The predicted molar refractivity (Wildman–Crippen MR) is 58.3 cm³/mol. The molecule has 0 aliphatic heterocycles. The topological polar surface area (TPSA) is 24.9 Å². The van der Waals surface area contributed by atoms with Gasteiger partial charge in [0.1, 0.15) is 5.82 Å². The minimum absolute atomic E-state index is 0.260. The van der Waals surface area contributed by atoms with E-state index in [1.54, 1.807) is 6.07 Å². The first-order valence-corrected chi connectivity index (χ1v) is 5.64.